The monoisotopic (exact) mass is 634 g/mol. The highest BCUT2D eigenvalue weighted by atomic mass is 32.2. The zero-order valence-corrected chi connectivity index (χ0v) is 29.0. The van der Waals surface area contributed by atoms with Crippen molar-refractivity contribution in [3.8, 4) is 0 Å². The molecule has 1 aliphatic heterocycles. The lowest BCUT2D eigenvalue weighted by Gasteiger charge is -2.68. The molecule has 8 atom stereocenters. The van der Waals surface area contributed by atoms with E-state index in [1.54, 1.807) is 12.1 Å². The third-order valence-corrected chi connectivity index (χ3v) is 15.7. The van der Waals surface area contributed by atoms with Crippen LogP contribution in [-0.2, 0) is 4.79 Å². The highest BCUT2D eigenvalue weighted by Crippen LogP contribution is 2.73. The molecule has 4 nitrogen and oxygen atoms in total. The number of benzene rings is 1. The number of amides is 1. The summed E-state index contributed by atoms with van der Waals surface area (Å²) < 4.78 is 14.7. The van der Waals surface area contributed by atoms with E-state index in [0.29, 0.717) is 47.2 Å². The zero-order valence-electron chi connectivity index (χ0n) is 28.1. The van der Waals surface area contributed by atoms with Crippen LogP contribution in [0.25, 0.3) is 5.57 Å². The second-order valence-electron chi connectivity index (χ2n) is 16.8. The van der Waals surface area contributed by atoms with E-state index in [-0.39, 0.29) is 21.8 Å². The normalized spacial score (nSPS) is 40.7. The zero-order chi connectivity index (χ0) is 31.6. The van der Waals surface area contributed by atoms with Crippen LogP contribution in [0.2, 0.25) is 0 Å². The van der Waals surface area contributed by atoms with Crippen LogP contribution in [0, 0.1) is 57.1 Å². The molecule has 1 saturated heterocycles. The first-order chi connectivity index (χ1) is 21.5. The lowest BCUT2D eigenvalue weighted by Crippen LogP contribution is -2.62. The smallest absolute Gasteiger partial charge is 0.226 e. The number of hydrogen-bond donors (Lipinski definition) is 1. The first kappa shape index (κ1) is 31.9. The van der Waals surface area contributed by atoms with E-state index in [1.165, 1.54) is 62.0 Å². The number of hydrogen-bond acceptors (Lipinski definition) is 4. The summed E-state index contributed by atoms with van der Waals surface area (Å²) in [6, 6.07) is 5.17. The number of rotatable bonds is 6. The van der Waals surface area contributed by atoms with Gasteiger partial charge >= 0.3 is 0 Å². The van der Waals surface area contributed by atoms with E-state index in [2.05, 4.69) is 44.0 Å². The summed E-state index contributed by atoms with van der Waals surface area (Å²) in [7, 11) is 0. The third-order valence-electron chi connectivity index (χ3n) is 14.8. The molecule has 0 bridgehead atoms. The van der Waals surface area contributed by atoms with Crippen LogP contribution in [0.5, 0.6) is 0 Å². The molecule has 0 radical (unpaired) electrons. The average molecular weight is 635 g/mol. The van der Waals surface area contributed by atoms with E-state index >= 15 is 0 Å². The van der Waals surface area contributed by atoms with E-state index < -0.39 is 5.82 Å². The van der Waals surface area contributed by atoms with Crippen molar-refractivity contribution in [1.29, 1.82) is 0 Å². The van der Waals surface area contributed by atoms with Crippen molar-refractivity contribution in [3.63, 3.8) is 0 Å². The minimum Gasteiger partial charge on any atom is -0.354 e. The van der Waals surface area contributed by atoms with Crippen molar-refractivity contribution >= 4 is 29.5 Å². The maximum Gasteiger partial charge on any atom is 0.226 e. The second-order valence-corrected chi connectivity index (χ2v) is 18.0. The largest absolute Gasteiger partial charge is 0.354 e. The van der Waals surface area contributed by atoms with Crippen LogP contribution in [0.1, 0.15) is 108 Å². The molecule has 0 spiro atoms. The van der Waals surface area contributed by atoms with Gasteiger partial charge in [0.25, 0.3) is 0 Å². The number of thioether (sulfide) groups is 1. The summed E-state index contributed by atoms with van der Waals surface area (Å²) in [6.45, 7) is 14.1. The quantitative estimate of drug-likeness (QED) is 0.320. The van der Waals surface area contributed by atoms with E-state index in [1.807, 2.05) is 17.8 Å². The minimum atomic E-state index is -0.419. The van der Waals surface area contributed by atoms with Gasteiger partial charge in [-0.3, -0.25) is 14.5 Å². The molecule has 6 aliphatic rings. The van der Waals surface area contributed by atoms with Crippen molar-refractivity contribution in [1.82, 2.24) is 10.2 Å². The van der Waals surface area contributed by atoms with E-state index in [4.69, 9.17) is 0 Å². The Morgan fingerprint density at radius 3 is 2.53 bits per heavy atom. The molecule has 0 aromatic heterocycles. The number of aldehydes is 1. The van der Waals surface area contributed by atoms with Gasteiger partial charge in [0.1, 0.15) is 5.82 Å². The predicted octanol–water partition coefficient (Wildman–Crippen LogP) is 8.26. The Morgan fingerprint density at radius 1 is 0.978 bits per heavy atom. The highest BCUT2D eigenvalue weighted by Gasteiger charge is 2.66. The van der Waals surface area contributed by atoms with Gasteiger partial charge in [-0.2, -0.15) is 11.8 Å². The lowest BCUT2D eigenvalue weighted by molar-refractivity contribution is -0.181. The Kier molecular flexibility index (Phi) is 8.36. The minimum absolute atomic E-state index is 0.0708. The number of carbonyl (C=O) groups is 2. The van der Waals surface area contributed by atoms with E-state index in [0.717, 1.165) is 51.0 Å². The Morgan fingerprint density at radius 2 is 1.78 bits per heavy atom. The number of nitrogens with zero attached hydrogens (tertiary/aromatic N) is 1. The number of allylic oxidation sites excluding steroid dienone is 2. The Balaban J connectivity index is 1.10. The van der Waals surface area contributed by atoms with Gasteiger partial charge < -0.3 is 5.32 Å². The fourth-order valence-corrected chi connectivity index (χ4v) is 13.8. The highest BCUT2D eigenvalue weighted by molar-refractivity contribution is 7.99. The summed E-state index contributed by atoms with van der Waals surface area (Å²) >= 11 is 2.04. The summed E-state index contributed by atoms with van der Waals surface area (Å²) in [5, 5.41) is 3.47. The summed E-state index contributed by atoms with van der Waals surface area (Å²) in [4.78, 5) is 27.8. The van der Waals surface area contributed by atoms with Gasteiger partial charge in [-0.15, -0.1) is 0 Å². The van der Waals surface area contributed by atoms with Crippen LogP contribution < -0.4 is 5.32 Å². The van der Waals surface area contributed by atoms with Gasteiger partial charge in [0, 0.05) is 37.7 Å². The molecule has 246 valence electrons. The molecule has 1 heterocycles. The second kappa shape index (κ2) is 11.8. The Labute approximate surface area is 275 Å². The first-order valence-electron chi connectivity index (χ1n) is 18.1. The molecular formula is C39H55FN2O2S. The first-order valence-corrected chi connectivity index (χ1v) is 19.2. The maximum absolute atomic E-state index is 14.7. The topological polar surface area (TPSA) is 49.4 Å². The summed E-state index contributed by atoms with van der Waals surface area (Å²) in [5.74, 6) is 5.52. The van der Waals surface area contributed by atoms with Gasteiger partial charge in [-0.25, -0.2) is 4.39 Å². The fourth-order valence-electron chi connectivity index (χ4n) is 12.8. The molecule has 1 amide bonds. The van der Waals surface area contributed by atoms with Crippen LogP contribution in [0.15, 0.2) is 24.3 Å². The molecule has 1 aromatic carbocycles. The summed E-state index contributed by atoms with van der Waals surface area (Å²) in [6.07, 6.45) is 14.9. The lowest BCUT2D eigenvalue weighted by atomic mass is 9.36. The van der Waals surface area contributed by atoms with Gasteiger partial charge in [-0.1, -0.05) is 46.3 Å². The van der Waals surface area contributed by atoms with Crippen LogP contribution in [0.3, 0.4) is 0 Å². The average Bonchev–Trinajstić information content (AvgIpc) is 3.47. The predicted molar refractivity (Wildman–Crippen MR) is 183 cm³/mol. The van der Waals surface area contributed by atoms with Crippen LogP contribution >= 0.6 is 11.8 Å². The van der Waals surface area contributed by atoms with Crippen LogP contribution in [0.4, 0.5) is 4.39 Å². The molecule has 7 rings (SSSR count). The molecular weight excluding hydrogens is 580 g/mol. The molecule has 6 heteroatoms. The number of fused-ring (bicyclic) bond motifs is 7. The molecule has 5 fully saturated rings. The van der Waals surface area contributed by atoms with Crippen molar-refractivity contribution in [2.45, 2.75) is 91.9 Å². The molecule has 1 aromatic rings. The Bertz CT molecular complexity index is 1350. The fraction of sp³-hybridized carbons (Fsp3) is 0.744. The van der Waals surface area contributed by atoms with Crippen molar-refractivity contribution in [3.05, 3.63) is 41.2 Å². The van der Waals surface area contributed by atoms with Gasteiger partial charge in [0.15, 0.2) is 6.29 Å². The third kappa shape index (κ3) is 5.00. The van der Waals surface area contributed by atoms with Crippen molar-refractivity contribution in [2.24, 2.45) is 51.2 Å². The number of nitrogens with one attached hydrogen (secondary N) is 1. The number of halogens is 1. The maximum atomic E-state index is 14.7. The molecule has 45 heavy (non-hydrogen) atoms. The standard InChI is InChI=1S/C39H55FN2O2S/c1-36(2)29(26-7-8-27(25-43)32(40)24-26)11-15-38(4)33(36)13-16-37(3)30-12-17-39(14-5-6-31(39)28(30)9-10-34(37)38)35(44)41-18-19-42-20-22-45-23-21-42/h7-8,11,24-25,28,30-31,33-34H,5-6,9-10,12-23H2,1-4H3,(H,41,44)/t28?,30?,31?,33?,34?,37?,38?,39-/m0/s1. The SMILES string of the molecule is CC1(C)C(c2ccc(C=O)c(F)c2)=CCC2(C)C1CCC1(C)C3CC[C@@]4(C(=O)NCCN5CCSCC5)CCCC4C3CCC12. The molecule has 7 unspecified atom stereocenters. The van der Waals surface area contributed by atoms with Gasteiger partial charge in [0.05, 0.1) is 11.0 Å². The molecule has 1 N–H and O–H groups in total. The number of carbonyl (C=O) groups excluding carboxylic acids is 2. The van der Waals surface area contributed by atoms with Crippen molar-refractivity contribution < 1.29 is 14.0 Å². The molecule has 5 aliphatic carbocycles. The van der Waals surface area contributed by atoms with E-state index in [9.17, 15) is 14.0 Å². The van der Waals surface area contributed by atoms with Crippen molar-refractivity contribution in [2.75, 3.05) is 37.7 Å². The summed E-state index contributed by atoms with van der Waals surface area (Å²) in [5.41, 5.74) is 2.63. The van der Waals surface area contributed by atoms with Gasteiger partial charge in [0.2, 0.25) is 5.91 Å². The molecule has 4 saturated carbocycles. The Hall–Kier alpha value is -1.66. The van der Waals surface area contributed by atoms with Crippen LogP contribution in [-0.4, -0.2) is 54.8 Å². The van der Waals surface area contributed by atoms with Gasteiger partial charge in [-0.05, 0) is 127 Å².